The molecule has 8 nitrogen and oxygen atoms in total. The van der Waals surface area contributed by atoms with Gasteiger partial charge in [-0.2, -0.15) is 0 Å². The number of carbonyl (C=O) groups is 4. The van der Waals surface area contributed by atoms with Crippen molar-refractivity contribution in [1.29, 1.82) is 0 Å². The summed E-state index contributed by atoms with van der Waals surface area (Å²) in [5.74, 6) is -3.22. The molecular formula is C50H80O8Zn. The summed E-state index contributed by atoms with van der Waals surface area (Å²) in [5.41, 5.74) is 0.636. The maximum atomic E-state index is 11.5. The van der Waals surface area contributed by atoms with Crippen LogP contribution in [0.2, 0.25) is 0 Å². The number of aliphatic carboxylic acids is 2. The summed E-state index contributed by atoms with van der Waals surface area (Å²) in [7, 11) is 0. The van der Waals surface area contributed by atoms with E-state index in [2.05, 4.69) is 23.6 Å². The summed E-state index contributed by atoms with van der Waals surface area (Å²) in [6, 6.07) is 16.6. The quantitative estimate of drug-likeness (QED) is 0.0294. The first kappa shape index (κ1) is 58.0. The van der Waals surface area contributed by atoms with Crippen molar-refractivity contribution in [2.24, 2.45) is 0 Å². The number of carbonyl (C=O) groups excluding carboxylic acids is 4. The molecule has 0 bridgehead atoms. The van der Waals surface area contributed by atoms with E-state index in [0.717, 1.165) is 25.7 Å². The van der Waals surface area contributed by atoms with E-state index in [1.165, 1.54) is 167 Å². The Morgan fingerprint density at radius 3 is 0.763 bits per heavy atom. The SMILES string of the molecule is CCCCCCCCCCCCCCCCCC(=O)[O-].CCCCCCCCCCCCCCCCCC(=O)[O-].O=C(OOC(=O)c1ccccc1)c1ccccc1.[Zn+2]. The van der Waals surface area contributed by atoms with Crippen molar-refractivity contribution < 1.29 is 58.6 Å². The molecule has 0 unspecified atom stereocenters. The minimum atomic E-state index is -0.903. The average Bonchev–Trinajstić information content (AvgIpc) is 3.23. The minimum Gasteiger partial charge on any atom is -0.550 e. The molecule has 2 aromatic rings. The molecule has 0 aliphatic heterocycles. The molecule has 9 heteroatoms. The molecule has 0 amide bonds. The monoisotopic (exact) mass is 873 g/mol. The zero-order valence-corrected chi connectivity index (χ0v) is 40.3. The van der Waals surface area contributed by atoms with Crippen molar-refractivity contribution in [3.63, 3.8) is 0 Å². The molecule has 59 heavy (non-hydrogen) atoms. The van der Waals surface area contributed by atoms with E-state index < -0.39 is 23.9 Å². The summed E-state index contributed by atoms with van der Waals surface area (Å²) >= 11 is 0. The van der Waals surface area contributed by atoms with E-state index in [-0.39, 0.29) is 32.3 Å². The van der Waals surface area contributed by atoms with E-state index in [4.69, 9.17) is 0 Å². The maximum Gasteiger partial charge on any atom is 2.00 e. The number of carboxylic acid groups (broad SMARTS) is 2. The van der Waals surface area contributed by atoms with Gasteiger partial charge in [-0.3, -0.25) is 0 Å². The van der Waals surface area contributed by atoms with Gasteiger partial charge in [0.25, 0.3) is 0 Å². The van der Waals surface area contributed by atoms with Crippen LogP contribution in [0.1, 0.15) is 240 Å². The van der Waals surface area contributed by atoms with Crippen molar-refractivity contribution in [3.8, 4) is 0 Å². The third kappa shape index (κ3) is 42.9. The molecule has 0 saturated carbocycles. The molecule has 2 aromatic carbocycles. The van der Waals surface area contributed by atoms with Crippen molar-refractivity contribution >= 4 is 23.9 Å². The summed E-state index contributed by atoms with van der Waals surface area (Å²) in [4.78, 5) is 52.3. The summed E-state index contributed by atoms with van der Waals surface area (Å²) < 4.78 is 0. The Bertz CT molecular complexity index is 1130. The van der Waals surface area contributed by atoms with Gasteiger partial charge in [-0.05, 0) is 49.9 Å². The molecule has 0 saturated heterocycles. The van der Waals surface area contributed by atoms with Gasteiger partial charge in [0.2, 0.25) is 0 Å². The van der Waals surface area contributed by atoms with Crippen molar-refractivity contribution in [3.05, 3.63) is 71.8 Å². The number of carboxylic acids is 2. The first-order valence-corrected chi connectivity index (χ1v) is 23.2. The zero-order chi connectivity index (χ0) is 42.6. The van der Waals surface area contributed by atoms with Gasteiger partial charge in [0.15, 0.2) is 0 Å². The fourth-order valence-corrected chi connectivity index (χ4v) is 6.60. The standard InChI is InChI=1S/2C18H36O2.C14H10O4.Zn/c2*1-2-3-4-5-6-7-8-9-10-11-12-13-14-15-16-17-18(19)20;15-13(11-7-3-1-4-8-11)17-18-14(16)12-9-5-2-6-10-12;/h2*2-17H2,1H3,(H,19,20);1-10H;/q;;;+2/p-2. The maximum absolute atomic E-state index is 11.5. The fraction of sp³-hybridized carbons (Fsp3) is 0.680. The smallest absolute Gasteiger partial charge is 0.550 e. The van der Waals surface area contributed by atoms with E-state index >= 15 is 0 Å². The van der Waals surface area contributed by atoms with Crippen LogP contribution < -0.4 is 10.2 Å². The van der Waals surface area contributed by atoms with Gasteiger partial charge in [-0.1, -0.05) is 230 Å². The van der Waals surface area contributed by atoms with Gasteiger partial charge < -0.3 is 19.8 Å². The van der Waals surface area contributed by atoms with Gasteiger partial charge >= 0.3 is 31.4 Å². The predicted molar refractivity (Wildman–Crippen MR) is 233 cm³/mol. The molecule has 330 valence electrons. The van der Waals surface area contributed by atoms with Gasteiger partial charge in [0.05, 0.1) is 11.1 Å². The molecule has 0 aliphatic carbocycles. The molecule has 2 rings (SSSR count). The van der Waals surface area contributed by atoms with Crippen molar-refractivity contribution in [2.45, 2.75) is 219 Å². The third-order valence-electron chi connectivity index (χ3n) is 10.2. The van der Waals surface area contributed by atoms with Crippen LogP contribution in [0, 0.1) is 0 Å². The molecule has 0 aromatic heterocycles. The molecule has 0 radical (unpaired) electrons. The third-order valence-corrected chi connectivity index (χ3v) is 10.2. The molecular weight excluding hydrogens is 794 g/mol. The van der Waals surface area contributed by atoms with Crippen LogP contribution in [0.15, 0.2) is 60.7 Å². The number of hydrogen-bond acceptors (Lipinski definition) is 8. The van der Waals surface area contributed by atoms with Gasteiger partial charge in [-0.15, -0.1) is 0 Å². The van der Waals surface area contributed by atoms with Crippen LogP contribution in [0.5, 0.6) is 0 Å². The normalized spacial score (nSPS) is 10.3. The first-order chi connectivity index (χ1) is 28.3. The average molecular weight is 875 g/mol. The Balaban J connectivity index is 0. The number of benzene rings is 2. The van der Waals surface area contributed by atoms with E-state index in [1.807, 2.05) is 0 Å². The van der Waals surface area contributed by atoms with E-state index in [9.17, 15) is 29.4 Å². The van der Waals surface area contributed by atoms with Gasteiger partial charge in [0.1, 0.15) is 0 Å². The van der Waals surface area contributed by atoms with Gasteiger partial charge in [-0.25, -0.2) is 19.4 Å². The van der Waals surface area contributed by atoms with E-state index in [1.54, 1.807) is 60.7 Å². The molecule has 0 atom stereocenters. The Labute approximate surface area is 372 Å². The summed E-state index contributed by atoms with van der Waals surface area (Å²) in [5, 5.41) is 20.4. The van der Waals surface area contributed by atoms with Crippen LogP contribution in [0.4, 0.5) is 0 Å². The van der Waals surface area contributed by atoms with E-state index in [0.29, 0.717) is 11.1 Å². The Kier molecular flexibility index (Phi) is 45.3. The van der Waals surface area contributed by atoms with Gasteiger partial charge in [0, 0.05) is 11.9 Å². The number of hydrogen-bond donors (Lipinski definition) is 0. The first-order valence-electron chi connectivity index (χ1n) is 23.2. The summed E-state index contributed by atoms with van der Waals surface area (Å²) in [6.07, 6.45) is 39.7. The van der Waals surface area contributed by atoms with Crippen LogP contribution in [0.25, 0.3) is 0 Å². The fourth-order valence-electron chi connectivity index (χ4n) is 6.60. The van der Waals surface area contributed by atoms with Crippen LogP contribution in [-0.4, -0.2) is 23.9 Å². The molecule has 0 fully saturated rings. The van der Waals surface area contributed by atoms with Crippen molar-refractivity contribution in [1.82, 2.24) is 0 Å². The van der Waals surface area contributed by atoms with Crippen LogP contribution in [0.3, 0.4) is 0 Å². The molecule has 0 spiro atoms. The zero-order valence-electron chi connectivity index (χ0n) is 37.4. The Morgan fingerprint density at radius 2 is 0.559 bits per heavy atom. The number of rotatable bonds is 34. The van der Waals surface area contributed by atoms with Crippen LogP contribution >= 0.6 is 0 Å². The largest absolute Gasteiger partial charge is 2.00 e. The second-order valence-corrected chi connectivity index (χ2v) is 15.6. The molecule has 0 heterocycles. The van der Waals surface area contributed by atoms with Crippen LogP contribution in [-0.2, 0) is 38.8 Å². The van der Waals surface area contributed by atoms with Crippen molar-refractivity contribution in [2.75, 3.05) is 0 Å². The Hall–Kier alpha value is -3.06. The molecule has 0 aliphatic rings. The second kappa shape index (κ2) is 46.0. The Morgan fingerprint density at radius 1 is 0.356 bits per heavy atom. The summed E-state index contributed by atoms with van der Waals surface area (Å²) in [6.45, 7) is 4.53. The minimum absolute atomic E-state index is 0. The topological polar surface area (TPSA) is 133 Å². The predicted octanol–water partition coefficient (Wildman–Crippen LogP) is 12.6. The number of unbranched alkanes of at least 4 members (excludes halogenated alkanes) is 28. The second-order valence-electron chi connectivity index (χ2n) is 15.6. The molecule has 0 N–H and O–H groups in total.